The lowest BCUT2D eigenvalue weighted by molar-refractivity contribution is -0.119. The van der Waals surface area contributed by atoms with Crippen LogP contribution >= 0.6 is 11.6 Å². The summed E-state index contributed by atoms with van der Waals surface area (Å²) in [5.41, 5.74) is 5.33. The van der Waals surface area contributed by atoms with E-state index in [1.807, 2.05) is 30.0 Å². The summed E-state index contributed by atoms with van der Waals surface area (Å²) in [5.74, 6) is -0.195. The molecular weight excluding hydrogens is 436 g/mol. The van der Waals surface area contributed by atoms with Crippen molar-refractivity contribution in [3.05, 3.63) is 58.1 Å². The summed E-state index contributed by atoms with van der Waals surface area (Å²) in [6, 6.07) is 12.1. The number of halogens is 1. The van der Waals surface area contributed by atoms with Gasteiger partial charge in [-0.25, -0.2) is 0 Å². The summed E-state index contributed by atoms with van der Waals surface area (Å²) in [6.45, 7) is 7.48. The number of aryl methyl sites for hydroxylation is 3. The second kappa shape index (κ2) is 11.5. The summed E-state index contributed by atoms with van der Waals surface area (Å²) < 4.78 is 0. The number of likely N-dealkylation sites (N-methyl/N-ethyl adjacent to an activating group) is 1. The topological polar surface area (TPSA) is 64.7 Å². The highest BCUT2D eigenvalue weighted by Gasteiger charge is 2.21. The fraction of sp³-hybridized carbons (Fsp3) is 0.462. The summed E-state index contributed by atoms with van der Waals surface area (Å²) in [7, 11) is 1.80. The van der Waals surface area contributed by atoms with Crippen LogP contribution in [0.2, 0.25) is 5.02 Å². The summed E-state index contributed by atoms with van der Waals surface area (Å²) in [5, 5.41) is 6.84. The van der Waals surface area contributed by atoms with E-state index in [4.69, 9.17) is 11.6 Å². The summed E-state index contributed by atoms with van der Waals surface area (Å²) >= 11 is 6.14. The molecule has 3 rings (SSSR count). The highest BCUT2D eigenvalue weighted by atomic mass is 35.5. The molecule has 0 aromatic heterocycles. The number of fused-ring (bicyclic) bond motifs is 1. The largest absolute Gasteiger partial charge is 0.353 e. The van der Waals surface area contributed by atoms with E-state index in [1.54, 1.807) is 18.0 Å². The number of nitrogens with zero attached hydrogens (tertiary/aromatic N) is 2. The fourth-order valence-electron chi connectivity index (χ4n) is 4.17. The Balaban J connectivity index is 1.71. The van der Waals surface area contributed by atoms with E-state index in [2.05, 4.69) is 36.6 Å². The molecule has 0 spiro atoms. The molecule has 1 aliphatic rings. The maximum Gasteiger partial charge on any atom is 0.246 e. The van der Waals surface area contributed by atoms with Gasteiger partial charge in [0, 0.05) is 42.6 Å². The molecule has 2 N–H and O–H groups in total. The number of nitrogens with one attached hydrogen (secondary N) is 2. The molecule has 178 valence electrons. The first kappa shape index (κ1) is 25.1. The van der Waals surface area contributed by atoms with Crippen LogP contribution in [-0.4, -0.2) is 51.1 Å². The SMILES string of the molecule is Cc1cc(Cl)ccc1N(CC(=O)NCCNC(C)C)CC(=O)N(C)c1ccc2c(c1)CCC2. The third-order valence-corrected chi connectivity index (χ3v) is 6.24. The van der Waals surface area contributed by atoms with Crippen molar-refractivity contribution in [2.24, 2.45) is 0 Å². The highest BCUT2D eigenvalue weighted by Crippen LogP contribution is 2.27. The van der Waals surface area contributed by atoms with E-state index in [9.17, 15) is 9.59 Å². The van der Waals surface area contributed by atoms with Gasteiger partial charge in [0.05, 0.1) is 13.1 Å². The molecule has 0 fully saturated rings. The zero-order valence-electron chi connectivity index (χ0n) is 20.1. The van der Waals surface area contributed by atoms with Gasteiger partial charge < -0.3 is 20.4 Å². The van der Waals surface area contributed by atoms with E-state index in [-0.39, 0.29) is 24.9 Å². The quantitative estimate of drug-likeness (QED) is 0.519. The number of amides is 2. The average Bonchev–Trinajstić information content (AvgIpc) is 3.23. The van der Waals surface area contributed by atoms with Crippen LogP contribution in [0.15, 0.2) is 36.4 Å². The standard InChI is InChI=1S/C26H35ClN4O2/c1-18(2)28-12-13-29-25(32)16-31(24-11-9-22(27)14-19(24)3)17-26(33)30(4)23-10-8-20-6-5-7-21(20)15-23/h8-11,14-15,18,28H,5-7,12-13,16-17H2,1-4H3,(H,29,32). The monoisotopic (exact) mass is 470 g/mol. The molecule has 2 aromatic carbocycles. The van der Waals surface area contributed by atoms with Gasteiger partial charge in [0.15, 0.2) is 0 Å². The third-order valence-electron chi connectivity index (χ3n) is 6.00. The van der Waals surface area contributed by atoms with Crippen molar-refractivity contribution in [3.8, 4) is 0 Å². The Morgan fingerprint density at radius 3 is 2.52 bits per heavy atom. The predicted octanol–water partition coefficient (Wildman–Crippen LogP) is 3.72. The van der Waals surface area contributed by atoms with Gasteiger partial charge in [-0.2, -0.15) is 0 Å². The molecule has 6 nitrogen and oxygen atoms in total. The van der Waals surface area contributed by atoms with Crippen LogP contribution in [0.4, 0.5) is 11.4 Å². The summed E-state index contributed by atoms with van der Waals surface area (Å²) in [6.07, 6.45) is 3.34. The maximum atomic E-state index is 13.2. The Morgan fingerprint density at radius 2 is 1.79 bits per heavy atom. The van der Waals surface area contributed by atoms with Crippen LogP contribution in [0.3, 0.4) is 0 Å². The van der Waals surface area contributed by atoms with Gasteiger partial charge >= 0.3 is 0 Å². The van der Waals surface area contributed by atoms with Gasteiger partial charge in [-0.05, 0) is 73.2 Å². The Bertz CT molecular complexity index is 992. The van der Waals surface area contributed by atoms with Crippen LogP contribution in [0.1, 0.15) is 37.0 Å². The molecule has 0 saturated heterocycles. The lowest BCUT2D eigenvalue weighted by Gasteiger charge is -2.28. The van der Waals surface area contributed by atoms with Gasteiger partial charge in [0.1, 0.15) is 0 Å². The lowest BCUT2D eigenvalue weighted by Crippen LogP contribution is -2.45. The van der Waals surface area contributed by atoms with Crippen LogP contribution in [0.5, 0.6) is 0 Å². The molecule has 2 aromatic rings. The minimum atomic E-state index is -0.122. The number of rotatable bonds is 10. The van der Waals surface area contributed by atoms with Crippen molar-refractivity contribution in [3.63, 3.8) is 0 Å². The van der Waals surface area contributed by atoms with E-state index < -0.39 is 0 Å². The zero-order valence-corrected chi connectivity index (χ0v) is 20.8. The van der Waals surface area contributed by atoms with Gasteiger partial charge in [-0.15, -0.1) is 0 Å². The first-order valence-corrected chi connectivity index (χ1v) is 12.0. The number of carbonyl (C=O) groups is 2. The Labute approximate surface area is 202 Å². The molecule has 2 amide bonds. The van der Waals surface area contributed by atoms with E-state index in [0.717, 1.165) is 29.8 Å². The number of carbonyl (C=O) groups excluding carboxylic acids is 2. The van der Waals surface area contributed by atoms with Crippen LogP contribution < -0.4 is 20.4 Å². The van der Waals surface area contributed by atoms with Gasteiger partial charge in [-0.3, -0.25) is 9.59 Å². The Hall–Kier alpha value is -2.57. The molecule has 33 heavy (non-hydrogen) atoms. The van der Waals surface area contributed by atoms with Crippen LogP contribution in [-0.2, 0) is 22.4 Å². The number of benzene rings is 2. The Kier molecular flexibility index (Phi) is 8.75. The van der Waals surface area contributed by atoms with E-state index in [0.29, 0.717) is 24.2 Å². The first-order chi connectivity index (χ1) is 15.7. The lowest BCUT2D eigenvalue weighted by atomic mass is 10.1. The number of anilines is 2. The average molecular weight is 471 g/mol. The van der Waals surface area contributed by atoms with Crippen LogP contribution in [0.25, 0.3) is 0 Å². The van der Waals surface area contributed by atoms with Gasteiger partial charge in [0.2, 0.25) is 11.8 Å². The van der Waals surface area contributed by atoms with Crippen molar-refractivity contribution in [1.82, 2.24) is 10.6 Å². The minimum absolute atomic E-state index is 0.0726. The zero-order chi connectivity index (χ0) is 24.0. The minimum Gasteiger partial charge on any atom is -0.353 e. The molecule has 0 saturated carbocycles. The third kappa shape index (κ3) is 6.95. The normalized spacial score (nSPS) is 12.5. The number of hydrogen-bond acceptors (Lipinski definition) is 4. The molecule has 0 bridgehead atoms. The van der Waals surface area contributed by atoms with E-state index >= 15 is 0 Å². The molecule has 0 atom stereocenters. The molecular formula is C26H35ClN4O2. The van der Waals surface area contributed by atoms with Gasteiger partial charge in [-0.1, -0.05) is 31.5 Å². The highest BCUT2D eigenvalue weighted by molar-refractivity contribution is 6.30. The second-order valence-corrected chi connectivity index (χ2v) is 9.44. The van der Waals surface area contributed by atoms with Gasteiger partial charge in [0.25, 0.3) is 0 Å². The Morgan fingerprint density at radius 1 is 1.03 bits per heavy atom. The molecule has 0 radical (unpaired) electrons. The number of hydrogen-bond donors (Lipinski definition) is 2. The molecule has 0 unspecified atom stereocenters. The van der Waals surface area contributed by atoms with Crippen molar-refractivity contribution in [2.75, 3.05) is 43.0 Å². The smallest absolute Gasteiger partial charge is 0.246 e. The molecule has 0 aliphatic heterocycles. The van der Waals surface area contributed by atoms with Crippen molar-refractivity contribution in [2.45, 2.75) is 46.1 Å². The van der Waals surface area contributed by atoms with Crippen LogP contribution in [0, 0.1) is 6.92 Å². The maximum absolute atomic E-state index is 13.2. The van der Waals surface area contributed by atoms with Crippen molar-refractivity contribution < 1.29 is 9.59 Å². The molecule has 7 heteroatoms. The molecule has 1 aliphatic carbocycles. The second-order valence-electron chi connectivity index (χ2n) is 9.00. The predicted molar refractivity (Wildman–Crippen MR) is 136 cm³/mol. The molecule has 0 heterocycles. The summed E-state index contributed by atoms with van der Waals surface area (Å²) in [4.78, 5) is 29.4. The van der Waals surface area contributed by atoms with Crippen molar-refractivity contribution in [1.29, 1.82) is 0 Å². The van der Waals surface area contributed by atoms with Crippen molar-refractivity contribution >= 4 is 34.8 Å². The fourth-order valence-corrected chi connectivity index (χ4v) is 4.40. The van der Waals surface area contributed by atoms with E-state index in [1.165, 1.54) is 17.5 Å². The first-order valence-electron chi connectivity index (χ1n) is 11.6.